The number of nitrogens with one attached hydrogen (secondary N) is 1. The molecule has 8 nitrogen and oxygen atoms in total. The third-order valence-electron chi connectivity index (χ3n) is 5.03. The first-order chi connectivity index (χ1) is 16.5. The van der Waals surface area contributed by atoms with Gasteiger partial charge in [-0.15, -0.1) is 6.58 Å². The summed E-state index contributed by atoms with van der Waals surface area (Å²) in [6, 6.07) is 13.9. The smallest absolute Gasteiger partial charge is 0.407 e. The van der Waals surface area contributed by atoms with E-state index in [9.17, 15) is 18.5 Å². The Balaban J connectivity index is 1.99. The first kappa shape index (κ1) is 25.7. The van der Waals surface area contributed by atoms with Crippen molar-refractivity contribution in [2.24, 2.45) is 0 Å². The van der Waals surface area contributed by atoms with Gasteiger partial charge >= 0.3 is 6.09 Å². The number of hydrogen-bond donors (Lipinski definition) is 1. The molecule has 0 fully saturated rings. The van der Waals surface area contributed by atoms with Crippen molar-refractivity contribution >= 4 is 16.1 Å². The summed E-state index contributed by atoms with van der Waals surface area (Å²) in [5, 5.41) is 11.0. The van der Waals surface area contributed by atoms with Gasteiger partial charge in [0.25, 0.3) is 0 Å². The van der Waals surface area contributed by atoms with E-state index in [1.165, 1.54) is 22.4 Å². The maximum Gasteiger partial charge on any atom is 0.407 e. The van der Waals surface area contributed by atoms with E-state index in [4.69, 9.17) is 4.74 Å². The molecule has 35 heavy (non-hydrogen) atoms. The molecule has 9 heteroatoms. The molecule has 0 saturated carbocycles. The Morgan fingerprint density at radius 2 is 2.06 bits per heavy atom. The number of carbonyl (C=O) groups excluding carboxylic acids is 1. The number of nitriles is 1. The predicted octanol–water partition coefficient (Wildman–Crippen LogP) is 4.59. The van der Waals surface area contributed by atoms with Crippen LogP contribution in [0.25, 0.3) is 11.3 Å². The molecule has 0 bridgehead atoms. The highest BCUT2D eigenvalue weighted by molar-refractivity contribution is 7.90. The van der Waals surface area contributed by atoms with E-state index in [2.05, 4.69) is 22.9 Å². The van der Waals surface area contributed by atoms with Crippen LogP contribution in [0.3, 0.4) is 0 Å². The van der Waals surface area contributed by atoms with Crippen LogP contribution in [-0.2, 0) is 21.2 Å². The van der Waals surface area contributed by atoms with Gasteiger partial charge in [-0.05, 0) is 62.6 Å². The van der Waals surface area contributed by atoms with Gasteiger partial charge in [-0.3, -0.25) is 4.98 Å². The molecule has 2 aromatic heterocycles. The Morgan fingerprint density at radius 3 is 2.69 bits per heavy atom. The van der Waals surface area contributed by atoms with Crippen molar-refractivity contribution in [1.29, 1.82) is 5.26 Å². The molecule has 3 aromatic rings. The van der Waals surface area contributed by atoms with Gasteiger partial charge in [0, 0.05) is 30.7 Å². The number of amides is 1. The van der Waals surface area contributed by atoms with Crippen LogP contribution in [0.1, 0.15) is 42.7 Å². The molecule has 1 atom stereocenters. The molecule has 0 radical (unpaired) electrons. The fourth-order valence-corrected chi connectivity index (χ4v) is 5.21. The van der Waals surface area contributed by atoms with Crippen LogP contribution >= 0.6 is 0 Å². The Labute approximate surface area is 205 Å². The summed E-state index contributed by atoms with van der Waals surface area (Å²) < 4.78 is 34.0. The number of pyridine rings is 1. The second-order valence-electron chi connectivity index (χ2n) is 8.89. The summed E-state index contributed by atoms with van der Waals surface area (Å²) in [4.78, 5) is 16.0. The molecule has 0 aliphatic rings. The molecule has 182 valence electrons. The molecular weight excluding hydrogens is 464 g/mol. The van der Waals surface area contributed by atoms with Crippen LogP contribution in [0.4, 0.5) is 4.79 Å². The highest BCUT2D eigenvalue weighted by atomic mass is 32.2. The molecule has 0 aliphatic carbocycles. The van der Waals surface area contributed by atoms with Gasteiger partial charge in [0.2, 0.25) is 10.0 Å². The third-order valence-corrected chi connectivity index (χ3v) is 6.99. The number of alkyl carbamates (subject to hydrolysis) is 1. The van der Waals surface area contributed by atoms with Crippen LogP contribution in [0.2, 0.25) is 0 Å². The van der Waals surface area contributed by atoms with E-state index < -0.39 is 27.0 Å². The van der Waals surface area contributed by atoms with Crippen LogP contribution < -0.4 is 5.32 Å². The van der Waals surface area contributed by atoms with Crippen molar-refractivity contribution < 1.29 is 17.9 Å². The molecule has 1 aromatic carbocycles. The molecule has 3 rings (SSSR count). The molecule has 1 unspecified atom stereocenters. The van der Waals surface area contributed by atoms with E-state index >= 15 is 0 Å². The lowest BCUT2D eigenvalue weighted by molar-refractivity contribution is 0.0528. The summed E-state index contributed by atoms with van der Waals surface area (Å²) in [5.74, 6) is 0. The average molecular weight is 493 g/mol. The van der Waals surface area contributed by atoms with E-state index in [1.54, 1.807) is 69.4 Å². The lowest BCUT2D eigenvalue weighted by atomic mass is 10.1. The van der Waals surface area contributed by atoms with Gasteiger partial charge in [-0.25, -0.2) is 17.2 Å². The van der Waals surface area contributed by atoms with Crippen molar-refractivity contribution in [3.05, 3.63) is 90.4 Å². The van der Waals surface area contributed by atoms with Crippen molar-refractivity contribution in [2.45, 2.75) is 38.0 Å². The lowest BCUT2D eigenvalue weighted by Crippen LogP contribution is -2.33. The van der Waals surface area contributed by atoms with Crippen molar-refractivity contribution in [1.82, 2.24) is 14.3 Å². The van der Waals surface area contributed by atoms with Gasteiger partial charge in [0.1, 0.15) is 10.9 Å². The van der Waals surface area contributed by atoms with E-state index in [1.807, 2.05) is 0 Å². The quantitative estimate of drug-likeness (QED) is 0.460. The minimum absolute atomic E-state index is 0.254. The van der Waals surface area contributed by atoms with Gasteiger partial charge in [-0.2, -0.15) is 5.26 Å². The Morgan fingerprint density at radius 1 is 1.29 bits per heavy atom. The second kappa shape index (κ2) is 10.6. The minimum Gasteiger partial charge on any atom is -0.444 e. The minimum atomic E-state index is -3.98. The second-order valence-corrected chi connectivity index (χ2v) is 10.8. The number of nitrogens with zero attached hydrogens (tertiary/aromatic N) is 3. The van der Waals surface area contributed by atoms with Crippen LogP contribution in [0, 0.1) is 11.3 Å². The lowest BCUT2D eigenvalue weighted by Gasteiger charge is -2.19. The summed E-state index contributed by atoms with van der Waals surface area (Å²) in [6.07, 6.45) is 5.79. The van der Waals surface area contributed by atoms with Crippen LogP contribution in [-0.4, -0.2) is 35.6 Å². The number of benzene rings is 1. The molecule has 0 saturated heterocycles. The van der Waals surface area contributed by atoms with Gasteiger partial charge in [0.05, 0.1) is 17.3 Å². The van der Waals surface area contributed by atoms with E-state index in [0.717, 1.165) is 0 Å². The Hall–Kier alpha value is -3.90. The highest BCUT2D eigenvalue weighted by Crippen LogP contribution is 2.32. The first-order valence-electron chi connectivity index (χ1n) is 11.0. The molecule has 2 heterocycles. The topological polar surface area (TPSA) is 114 Å². The standard InChI is InChI=1S/C26H28N4O4S/c1-5-24(22-10-7-12-28-17-22)35(32,33)30-18-20(11-13-29-25(31)34-26(2,3)4)15-23(30)21-9-6-8-19(14-21)16-27/h5-10,12,14-15,17-18,24H,1,11,13H2,2-4H3,(H,29,31). The zero-order valence-corrected chi connectivity index (χ0v) is 20.7. The number of hydrogen-bond acceptors (Lipinski definition) is 6. The summed E-state index contributed by atoms with van der Waals surface area (Å²) >= 11 is 0. The van der Waals surface area contributed by atoms with Crippen molar-refractivity contribution in [2.75, 3.05) is 6.54 Å². The fourth-order valence-electron chi connectivity index (χ4n) is 3.52. The molecule has 0 aliphatic heterocycles. The van der Waals surface area contributed by atoms with Gasteiger partial charge in [-0.1, -0.05) is 24.3 Å². The third kappa shape index (κ3) is 6.37. The van der Waals surface area contributed by atoms with Gasteiger partial charge < -0.3 is 10.1 Å². The zero-order chi connectivity index (χ0) is 25.6. The molecular formula is C26H28N4O4S. The van der Waals surface area contributed by atoms with Crippen LogP contribution in [0.15, 0.2) is 73.7 Å². The summed E-state index contributed by atoms with van der Waals surface area (Å²) in [6.45, 7) is 9.32. The highest BCUT2D eigenvalue weighted by Gasteiger charge is 2.29. The number of carbonyl (C=O) groups is 1. The summed E-state index contributed by atoms with van der Waals surface area (Å²) in [5.41, 5.74) is 1.95. The summed E-state index contributed by atoms with van der Waals surface area (Å²) in [7, 11) is -3.98. The number of aromatic nitrogens is 2. The maximum absolute atomic E-state index is 13.8. The molecule has 1 N–H and O–H groups in total. The van der Waals surface area contributed by atoms with Gasteiger partial charge in [0.15, 0.2) is 0 Å². The molecule has 1 amide bonds. The predicted molar refractivity (Wildman–Crippen MR) is 134 cm³/mol. The first-order valence-corrected chi connectivity index (χ1v) is 12.5. The number of rotatable bonds is 8. The Kier molecular flexibility index (Phi) is 7.77. The Bertz CT molecular complexity index is 1350. The average Bonchev–Trinajstić information content (AvgIpc) is 3.24. The molecule has 0 spiro atoms. The zero-order valence-electron chi connectivity index (χ0n) is 19.9. The van der Waals surface area contributed by atoms with E-state index in [-0.39, 0.29) is 6.54 Å². The number of ether oxygens (including phenoxy) is 1. The largest absolute Gasteiger partial charge is 0.444 e. The maximum atomic E-state index is 13.8. The van der Waals surface area contributed by atoms with E-state index in [0.29, 0.717) is 34.4 Å². The fraction of sp³-hybridized carbons (Fsp3) is 0.269. The SMILES string of the molecule is C=CC(c1cccnc1)S(=O)(=O)n1cc(CCNC(=O)OC(C)(C)C)cc1-c1cccc(C#N)c1. The van der Waals surface area contributed by atoms with Crippen molar-refractivity contribution in [3.63, 3.8) is 0 Å². The van der Waals surface area contributed by atoms with Crippen LogP contribution in [0.5, 0.6) is 0 Å². The monoisotopic (exact) mass is 492 g/mol. The normalized spacial score (nSPS) is 12.4. The van der Waals surface area contributed by atoms with Crippen molar-refractivity contribution in [3.8, 4) is 17.3 Å².